The minimum Gasteiger partial charge on any atom is -0.481 e. The number of likely N-dealkylation sites (tertiary alicyclic amines) is 1. The monoisotopic (exact) mass is 489 g/mol. The van der Waals surface area contributed by atoms with Crippen molar-refractivity contribution in [3.63, 3.8) is 0 Å². The minimum absolute atomic E-state index is 0.0598. The summed E-state index contributed by atoms with van der Waals surface area (Å²) in [4.78, 5) is 31.2. The van der Waals surface area contributed by atoms with Crippen LogP contribution in [0.3, 0.4) is 0 Å². The van der Waals surface area contributed by atoms with E-state index in [4.69, 9.17) is 4.98 Å². The Labute approximate surface area is 205 Å². The van der Waals surface area contributed by atoms with E-state index in [9.17, 15) is 23.5 Å². The third-order valence-electron chi connectivity index (χ3n) is 7.87. The molecule has 35 heavy (non-hydrogen) atoms. The standard InChI is InChI=1S/C27H37F2N3O3/c1-17(24(34)35)19-9-13-31(14-10-19)23(33)20-5-6-22-21(15-20)30-25(26(2,3)4)32(22)16-18-7-11-27(28,29)12-8-18/h5-6,15,17-19H,7-14,16H2,1-4H3,(H,34,35). The van der Waals surface area contributed by atoms with Crippen LogP contribution in [0.4, 0.5) is 8.78 Å². The van der Waals surface area contributed by atoms with E-state index in [1.165, 1.54) is 0 Å². The molecule has 1 N–H and O–H groups in total. The van der Waals surface area contributed by atoms with E-state index in [0.717, 1.165) is 16.9 Å². The van der Waals surface area contributed by atoms with Gasteiger partial charge >= 0.3 is 5.97 Å². The molecule has 0 bridgehead atoms. The first kappa shape index (κ1) is 25.6. The first-order valence-corrected chi connectivity index (χ1v) is 12.8. The van der Waals surface area contributed by atoms with Gasteiger partial charge in [-0.1, -0.05) is 27.7 Å². The maximum absolute atomic E-state index is 13.7. The van der Waals surface area contributed by atoms with Crippen molar-refractivity contribution in [2.45, 2.75) is 84.1 Å². The molecule has 1 amide bonds. The summed E-state index contributed by atoms with van der Waals surface area (Å²) in [7, 11) is 0. The van der Waals surface area contributed by atoms with Crippen LogP contribution in [-0.4, -0.2) is 50.4 Å². The van der Waals surface area contributed by atoms with Crippen LogP contribution in [0.1, 0.15) is 82.4 Å². The molecule has 1 unspecified atom stereocenters. The molecule has 8 heteroatoms. The number of alkyl halides is 2. The summed E-state index contributed by atoms with van der Waals surface area (Å²) in [5, 5.41) is 9.27. The number of fused-ring (bicyclic) bond motifs is 1. The van der Waals surface area contributed by atoms with E-state index in [0.29, 0.717) is 50.9 Å². The van der Waals surface area contributed by atoms with Crippen LogP contribution in [0, 0.1) is 17.8 Å². The van der Waals surface area contributed by atoms with Crippen molar-refractivity contribution >= 4 is 22.9 Å². The molecule has 2 aliphatic rings. The number of hydrogen-bond donors (Lipinski definition) is 1. The van der Waals surface area contributed by atoms with E-state index >= 15 is 0 Å². The Morgan fingerprint density at radius 2 is 1.77 bits per heavy atom. The number of hydrogen-bond acceptors (Lipinski definition) is 3. The van der Waals surface area contributed by atoms with Gasteiger partial charge in [-0.25, -0.2) is 13.8 Å². The van der Waals surface area contributed by atoms with Crippen molar-refractivity contribution in [3.05, 3.63) is 29.6 Å². The van der Waals surface area contributed by atoms with Gasteiger partial charge < -0.3 is 14.6 Å². The predicted octanol–water partition coefficient (Wildman–Crippen LogP) is 5.73. The van der Waals surface area contributed by atoms with Crippen LogP contribution in [-0.2, 0) is 16.8 Å². The van der Waals surface area contributed by atoms with Crippen LogP contribution < -0.4 is 0 Å². The molecular formula is C27H37F2N3O3. The van der Waals surface area contributed by atoms with Gasteiger partial charge in [-0.2, -0.15) is 0 Å². The maximum atomic E-state index is 13.7. The third-order valence-corrected chi connectivity index (χ3v) is 7.87. The molecule has 0 spiro atoms. The van der Waals surface area contributed by atoms with E-state index in [-0.39, 0.29) is 36.0 Å². The van der Waals surface area contributed by atoms with Gasteiger partial charge in [0.05, 0.1) is 17.0 Å². The zero-order valence-corrected chi connectivity index (χ0v) is 21.2. The number of carboxylic acids is 1. The minimum atomic E-state index is -2.55. The predicted molar refractivity (Wildman–Crippen MR) is 131 cm³/mol. The average molecular weight is 490 g/mol. The van der Waals surface area contributed by atoms with Gasteiger partial charge in [-0.15, -0.1) is 0 Å². The highest BCUT2D eigenvalue weighted by Gasteiger charge is 2.36. The third kappa shape index (κ3) is 5.51. The molecule has 1 saturated heterocycles. The van der Waals surface area contributed by atoms with Gasteiger partial charge in [0.2, 0.25) is 5.92 Å². The molecule has 0 radical (unpaired) electrons. The lowest BCUT2D eigenvalue weighted by atomic mass is 9.85. The van der Waals surface area contributed by atoms with Crippen molar-refractivity contribution < 1.29 is 23.5 Å². The SMILES string of the molecule is CC(C(=O)O)C1CCN(C(=O)c2ccc3c(c2)nc(C(C)(C)C)n3CC2CCC(F)(F)CC2)CC1. The summed E-state index contributed by atoms with van der Waals surface area (Å²) < 4.78 is 29.5. The normalized spacial score (nSPS) is 20.8. The fourth-order valence-electron chi connectivity index (χ4n) is 5.55. The van der Waals surface area contributed by atoms with Crippen molar-refractivity contribution in [2.75, 3.05) is 13.1 Å². The number of halogens is 2. The number of aromatic nitrogens is 2. The summed E-state index contributed by atoms with van der Waals surface area (Å²) in [6, 6.07) is 5.60. The summed E-state index contributed by atoms with van der Waals surface area (Å²) in [5.74, 6) is -2.62. The van der Waals surface area contributed by atoms with Gasteiger partial charge in [0.1, 0.15) is 5.82 Å². The molecule has 6 nitrogen and oxygen atoms in total. The molecule has 1 saturated carbocycles. The Kier molecular flexibility index (Phi) is 6.95. The Morgan fingerprint density at radius 3 is 2.34 bits per heavy atom. The maximum Gasteiger partial charge on any atom is 0.306 e. The number of benzene rings is 1. The molecule has 1 aliphatic heterocycles. The lowest BCUT2D eigenvalue weighted by Gasteiger charge is -2.33. The highest BCUT2D eigenvalue weighted by molar-refractivity contribution is 5.97. The number of carbonyl (C=O) groups is 2. The van der Waals surface area contributed by atoms with E-state index in [1.807, 2.05) is 18.2 Å². The van der Waals surface area contributed by atoms with Crippen molar-refractivity contribution in [2.24, 2.45) is 17.8 Å². The first-order valence-electron chi connectivity index (χ1n) is 12.8. The van der Waals surface area contributed by atoms with Crippen LogP contribution in [0.15, 0.2) is 18.2 Å². The van der Waals surface area contributed by atoms with E-state index in [2.05, 4.69) is 25.3 Å². The molecule has 1 atom stereocenters. The topological polar surface area (TPSA) is 75.4 Å². The van der Waals surface area contributed by atoms with Gasteiger partial charge in [-0.05, 0) is 55.7 Å². The fourth-order valence-corrected chi connectivity index (χ4v) is 5.55. The lowest BCUT2D eigenvalue weighted by molar-refractivity contribution is -0.143. The van der Waals surface area contributed by atoms with Crippen molar-refractivity contribution in [1.82, 2.24) is 14.5 Å². The van der Waals surface area contributed by atoms with E-state index < -0.39 is 17.8 Å². The Morgan fingerprint density at radius 1 is 1.14 bits per heavy atom. The van der Waals surface area contributed by atoms with Crippen LogP contribution in [0.5, 0.6) is 0 Å². The second-order valence-corrected chi connectivity index (χ2v) is 11.6. The number of amides is 1. The number of imidazole rings is 1. The van der Waals surface area contributed by atoms with Gasteiger partial charge in [0.25, 0.3) is 5.91 Å². The summed E-state index contributed by atoms with van der Waals surface area (Å²) in [5.41, 5.74) is 2.02. The molecule has 2 aromatic rings. The Bertz CT molecular complexity index is 1090. The van der Waals surface area contributed by atoms with Crippen molar-refractivity contribution in [1.29, 1.82) is 0 Å². The van der Waals surface area contributed by atoms with Gasteiger partial charge in [-0.3, -0.25) is 9.59 Å². The number of carbonyl (C=O) groups excluding carboxylic acids is 1. The molecular weight excluding hydrogens is 452 g/mol. The quantitative estimate of drug-likeness (QED) is 0.582. The zero-order chi connectivity index (χ0) is 25.5. The summed E-state index contributed by atoms with van der Waals surface area (Å²) in [6.45, 7) is 9.76. The number of carboxylic acid groups (broad SMARTS) is 1. The molecule has 2 heterocycles. The Balaban J connectivity index is 1.54. The van der Waals surface area contributed by atoms with Crippen LogP contribution in [0.25, 0.3) is 11.0 Å². The van der Waals surface area contributed by atoms with Crippen LogP contribution in [0.2, 0.25) is 0 Å². The number of aliphatic carboxylic acids is 1. The lowest BCUT2D eigenvalue weighted by Crippen LogP contribution is -2.40. The molecule has 1 aliphatic carbocycles. The smallest absolute Gasteiger partial charge is 0.306 e. The zero-order valence-electron chi connectivity index (χ0n) is 21.2. The van der Waals surface area contributed by atoms with Gasteiger partial charge in [0, 0.05) is 43.5 Å². The summed E-state index contributed by atoms with van der Waals surface area (Å²) >= 11 is 0. The first-order chi connectivity index (χ1) is 16.4. The molecule has 1 aromatic heterocycles. The number of rotatable bonds is 5. The van der Waals surface area contributed by atoms with Crippen molar-refractivity contribution in [3.8, 4) is 0 Å². The Hall–Kier alpha value is -2.51. The average Bonchev–Trinajstić information content (AvgIpc) is 3.17. The van der Waals surface area contributed by atoms with Crippen LogP contribution >= 0.6 is 0 Å². The second-order valence-electron chi connectivity index (χ2n) is 11.6. The second kappa shape index (κ2) is 9.51. The highest BCUT2D eigenvalue weighted by Crippen LogP contribution is 2.38. The molecule has 2 fully saturated rings. The number of piperidine rings is 1. The number of nitrogens with zero attached hydrogens (tertiary/aromatic N) is 3. The summed E-state index contributed by atoms with van der Waals surface area (Å²) in [6.07, 6.45) is 2.26. The van der Waals surface area contributed by atoms with Gasteiger partial charge in [0.15, 0.2) is 0 Å². The fraction of sp³-hybridized carbons (Fsp3) is 0.667. The van der Waals surface area contributed by atoms with E-state index in [1.54, 1.807) is 11.8 Å². The highest BCUT2D eigenvalue weighted by atomic mass is 19.3. The molecule has 1 aromatic carbocycles. The largest absolute Gasteiger partial charge is 0.481 e. The molecule has 192 valence electrons. The molecule has 4 rings (SSSR count).